The summed E-state index contributed by atoms with van der Waals surface area (Å²) >= 11 is 0. The Hall–Kier alpha value is -2.63. The number of aromatic nitrogens is 2. The highest BCUT2D eigenvalue weighted by Crippen LogP contribution is 2.21. The van der Waals surface area contributed by atoms with E-state index in [1.54, 1.807) is 6.07 Å². The van der Waals surface area contributed by atoms with Gasteiger partial charge in [0.2, 0.25) is 0 Å². The smallest absolute Gasteiger partial charge is 0.274 e. The van der Waals surface area contributed by atoms with Gasteiger partial charge >= 0.3 is 0 Å². The average Bonchev–Trinajstić information content (AvgIpc) is 3.10. The van der Waals surface area contributed by atoms with Crippen molar-refractivity contribution in [2.45, 2.75) is 38.6 Å². The van der Waals surface area contributed by atoms with Crippen LogP contribution in [0.4, 0.5) is 11.5 Å². The van der Waals surface area contributed by atoms with Crippen LogP contribution in [0.1, 0.15) is 43.1 Å². The molecule has 2 aromatic rings. The first-order valence-corrected chi connectivity index (χ1v) is 8.37. The number of nitrogens with zero attached hydrogens (tertiary/aromatic N) is 2. The minimum atomic E-state index is -0.254. The molecule has 1 heterocycles. The molecule has 1 aromatic heterocycles. The van der Waals surface area contributed by atoms with Crippen LogP contribution >= 0.6 is 0 Å². The van der Waals surface area contributed by atoms with Crippen molar-refractivity contribution in [1.82, 2.24) is 9.97 Å². The van der Waals surface area contributed by atoms with Crippen LogP contribution in [0, 0.1) is 0 Å². The van der Waals surface area contributed by atoms with Crippen molar-refractivity contribution in [2.24, 2.45) is 0 Å². The molecular formula is C18H22N4O2. The zero-order valence-corrected chi connectivity index (χ0v) is 13.8. The predicted molar refractivity (Wildman–Crippen MR) is 93.5 cm³/mol. The Morgan fingerprint density at radius 2 is 1.96 bits per heavy atom. The third-order valence-electron chi connectivity index (χ3n) is 4.03. The van der Waals surface area contributed by atoms with Crippen LogP contribution in [0.3, 0.4) is 0 Å². The fraction of sp³-hybridized carbons (Fsp3) is 0.389. The lowest BCUT2D eigenvalue weighted by Crippen LogP contribution is -2.18. The summed E-state index contributed by atoms with van der Waals surface area (Å²) in [5, 5.41) is 6.21. The number of carbonyl (C=O) groups is 1. The van der Waals surface area contributed by atoms with Gasteiger partial charge in [-0.05, 0) is 44.0 Å². The molecule has 0 unspecified atom stereocenters. The van der Waals surface area contributed by atoms with Gasteiger partial charge < -0.3 is 15.4 Å². The first-order chi connectivity index (χ1) is 11.7. The van der Waals surface area contributed by atoms with Crippen LogP contribution < -0.4 is 15.4 Å². The van der Waals surface area contributed by atoms with E-state index in [1.165, 1.54) is 19.2 Å². The van der Waals surface area contributed by atoms with Crippen molar-refractivity contribution < 1.29 is 9.53 Å². The zero-order valence-electron chi connectivity index (χ0n) is 13.8. The number of benzene rings is 1. The van der Waals surface area contributed by atoms with Gasteiger partial charge in [-0.3, -0.25) is 4.79 Å². The van der Waals surface area contributed by atoms with E-state index in [0.29, 0.717) is 29.8 Å². The largest absolute Gasteiger partial charge is 0.494 e. The molecule has 3 rings (SSSR count). The van der Waals surface area contributed by atoms with E-state index in [-0.39, 0.29) is 5.91 Å². The highest BCUT2D eigenvalue weighted by Gasteiger charge is 2.16. The first-order valence-electron chi connectivity index (χ1n) is 8.37. The van der Waals surface area contributed by atoms with E-state index in [1.807, 2.05) is 31.2 Å². The van der Waals surface area contributed by atoms with E-state index in [2.05, 4.69) is 20.6 Å². The fourth-order valence-electron chi connectivity index (χ4n) is 2.84. The van der Waals surface area contributed by atoms with Crippen LogP contribution in [-0.2, 0) is 0 Å². The normalized spacial score (nSPS) is 14.4. The van der Waals surface area contributed by atoms with Crippen molar-refractivity contribution in [2.75, 3.05) is 17.2 Å². The summed E-state index contributed by atoms with van der Waals surface area (Å²) in [6.45, 7) is 2.55. The second-order valence-corrected chi connectivity index (χ2v) is 5.83. The quantitative estimate of drug-likeness (QED) is 0.850. The molecule has 0 aliphatic heterocycles. The molecule has 1 aliphatic carbocycles. The van der Waals surface area contributed by atoms with Gasteiger partial charge in [0.25, 0.3) is 5.91 Å². The topological polar surface area (TPSA) is 76.1 Å². The first kappa shape index (κ1) is 16.2. The van der Waals surface area contributed by atoms with Crippen LogP contribution in [-0.4, -0.2) is 28.5 Å². The van der Waals surface area contributed by atoms with Gasteiger partial charge in [0.05, 0.1) is 6.61 Å². The van der Waals surface area contributed by atoms with E-state index >= 15 is 0 Å². The van der Waals surface area contributed by atoms with Crippen molar-refractivity contribution in [3.05, 3.63) is 42.4 Å². The van der Waals surface area contributed by atoms with Gasteiger partial charge in [-0.15, -0.1) is 0 Å². The number of hydrogen-bond donors (Lipinski definition) is 2. The maximum Gasteiger partial charge on any atom is 0.274 e. The van der Waals surface area contributed by atoms with Gasteiger partial charge in [0.15, 0.2) is 0 Å². The molecule has 6 heteroatoms. The molecule has 1 aromatic carbocycles. The van der Waals surface area contributed by atoms with Crippen LogP contribution in [0.25, 0.3) is 0 Å². The number of amides is 1. The summed E-state index contributed by atoms with van der Waals surface area (Å²) in [5.41, 5.74) is 1.05. The van der Waals surface area contributed by atoms with Crippen molar-refractivity contribution in [3.8, 4) is 5.75 Å². The Balaban J connectivity index is 1.63. The number of hydrogen-bond acceptors (Lipinski definition) is 5. The Morgan fingerprint density at radius 3 is 2.67 bits per heavy atom. The zero-order chi connectivity index (χ0) is 16.8. The number of anilines is 2. The minimum Gasteiger partial charge on any atom is -0.494 e. The molecule has 1 fully saturated rings. The Labute approximate surface area is 141 Å². The predicted octanol–water partition coefficient (Wildman–Crippen LogP) is 3.48. The van der Waals surface area contributed by atoms with Gasteiger partial charge in [-0.25, -0.2) is 9.97 Å². The van der Waals surface area contributed by atoms with Gasteiger partial charge in [-0.1, -0.05) is 12.8 Å². The van der Waals surface area contributed by atoms with Crippen LogP contribution in [0.15, 0.2) is 36.7 Å². The van der Waals surface area contributed by atoms with E-state index in [9.17, 15) is 4.79 Å². The summed E-state index contributed by atoms with van der Waals surface area (Å²) in [6.07, 6.45) is 6.21. The summed E-state index contributed by atoms with van der Waals surface area (Å²) in [4.78, 5) is 20.6. The summed E-state index contributed by atoms with van der Waals surface area (Å²) in [6, 6.07) is 9.41. The van der Waals surface area contributed by atoms with Crippen LogP contribution in [0.5, 0.6) is 5.75 Å². The lowest BCUT2D eigenvalue weighted by Gasteiger charge is -2.13. The average molecular weight is 326 g/mol. The summed E-state index contributed by atoms with van der Waals surface area (Å²) in [7, 11) is 0. The Kier molecular flexibility index (Phi) is 5.25. The molecule has 1 amide bonds. The fourth-order valence-corrected chi connectivity index (χ4v) is 2.84. The number of carbonyl (C=O) groups excluding carboxylic acids is 1. The second kappa shape index (κ2) is 7.77. The van der Waals surface area contributed by atoms with Crippen molar-refractivity contribution in [1.29, 1.82) is 0 Å². The molecule has 0 saturated heterocycles. The molecule has 1 aliphatic rings. The molecular weight excluding hydrogens is 304 g/mol. The van der Waals surface area contributed by atoms with Crippen molar-refractivity contribution >= 4 is 17.4 Å². The summed E-state index contributed by atoms with van der Waals surface area (Å²) < 4.78 is 5.39. The maximum atomic E-state index is 12.4. The highest BCUT2D eigenvalue weighted by molar-refractivity contribution is 6.03. The standard InChI is InChI=1S/C18H22N4O2/c1-2-24-15-9-7-14(8-10-15)22-18(23)16-11-17(20-12-19-16)21-13-5-3-4-6-13/h7-13H,2-6H2,1H3,(H,22,23)(H,19,20,21). The number of nitrogens with one attached hydrogen (secondary N) is 2. The monoisotopic (exact) mass is 326 g/mol. The molecule has 6 nitrogen and oxygen atoms in total. The number of ether oxygens (including phenoxy) is 1. The molecule has 0 atom stereocenters. The Morgan fingerprint density at radius 1 is 1.21 bits per heavy atom. The van der Waals surface area contributed by atoms with Gasteiger partial charge in [0, 0.05) is 17.8 Å². The number of rotatable bonds is 6. The van der Waals surface area contributed by atoms with Gasteiger partial charge in [0.1, 0.15) is 23.6 Å². The Bertz CT molecular complexity index is 682. The van der Waals surface area contributed by atoms with Crippen molar-refractivity contribution in [3.63, 3.8) is 0 Å². The third-order valence-corrected chi connectivity index (χ3v) is 4.03. The highest BCUT2D eigenvalue weighted by atomic mass is 16.5. The molecule has 2 N–H and O–H groups in total. The molecule has 0 radical (unpaired) electrons. The molecule has 126 valence electrons. The molecule has 0 bridgehead atoms. The van der Waals surface area contributed by atoms with Gasteiger partial charge in [-0.2, -0.15) is 0 Å². The molecule has 24 heavy (non-hydrogen) atoms. The third kappa shape index (κ3) is 4.22. The molecule has 1 saturated carbocycles. The maximum absolute atomic E-state index is 12.4. The van der Waals surface area contributed by atoms with E-state index in [0.717, 1.165) is 18.6 Å². The van der Waals surface area contributed by atoms with Crippen LogP contribution in [0.2, 0.25) is 0 Å². The second-order valence-electron chi connectivity index (χ2n) is 5.83. The van der Waals surface area contributed by atoms with E-state index in [4.69, 9.17) is 4.74 Å². The minimum absolute atomic E-state index is 0.254. The lowest BCUT2D eigenvalue weighted by molar-refractivity contribution is 0.102. The summed E-state index contributed by atoms with van der Waals surface area (Å²) in [5.74, 6) is 1.23. The SMILES string of the molecule is CCOc1ccc(NC(=O)c2cc(NC3CCCC3)ncn2)cc1. The van der Waals surface area contributed by atoms with E-state index < -0.39 is 0 Å². The lowest BCUT2D eigenvalue weighted by atomic mass is 10.2. The molecule has 0 spiro atoms.